The van der Waals surface area contributed by atoms with Gasteiger partial charge in [0, 0.05) is 12.2 Å². The quantitative estimate of drug-likeness (QED) is 0.348. The lowest BCUT2D eigenvalue weighted by molar-refractivity contribution is -0.152. The maximum Gasteiger partial charge on any atom is 0.338 e. The highest BCUT2D eigenvalue weighted by Crippen LogP contribution is 1.86. The zero-order valence-electron chi connectivity index (χ0n) is 6.37. The smallest absolute Gasteiger partial charge is 0.338 e. The van der Waals surface area contributed by atoms with Crippen LogP contribution in [0.25, 0.3) is 0 Å². The van der Waals surface area contributed by atoms with Crippen molar-refractivity contribution in [1.82, 2.24) is 0 Å². The van der Waals surface area contributed by atoms with Crippen LogP contribution in [-0.2, 0) is 14.3 Å². The number of ether oxygens (including phenoxy) is 1. The first-order valence-corrected chi connectivity index (χ1v) is 3.25. The molecule has 0 fully saturated rings. The molecule has 0 aliphatic rings. The highest BCUT2D eigenvalue weighted by atomic mass is 16.6. The second kappa shape index (κ2) is 5.41. The second-order valence-electron chi connectivity index (χ2n) is 1.75. The first kappa shape index (κ1) is 9.62. The summed E-state index contributed by atoms with van der Waals surface area (Å²) in [5.74, 6) is -1.38. The van der Waals surface area contributed by atoms with E-state index in [9.17, 15) is 9.59 Å². The Morgan fingerprint density at radius 1 is 1.45 bits per heavy atom. The van der Waals surface area contributed by atoms with Crippen LogP contribution in [0.4, 0.5) is 0 Å². The Morgan fingerprint density at radius 3 is 2.55 bits per heavy atom. The van der Waals surface area contributed by atoms with E-state index in [-0.39, 0.29) is 0 Å². The first-order valence-electron chi connectivity index (χ1n) is 3.25. The predicted molar refractivity (Wildman–Crippen MR) is 40.7 cm³/mol. The van der Waals surface area contributed by atoms with E-state index < -0.39 is 11.9 Å². The summed E-state index contributed by atoms with van der Waals surface area (Å²) in [7, 11) is 0. The van der Waals surface area contributed by atoms with Gasteiger partial charge in [-0.15, -0.1) is 0 Å². The lowest BCUT2D eigenvalue weighted by Gasteiger charge is -1.91. The van der Waals surface area contributed by atoms with Gasteiger partial charge in [-0.3, -0.25) is 0 Å². The fourth-order valence-corrected chi connectivity index (χ4v) is 0.389. The average molecular weight is 154 g/mol. The summed E-state index contributed by atoms with van der Waals surface area (Å²) < 4.78 is 4.22. The Bertz CT molecular complexity index is 192. The minimum atomic E-state index is -0.726. The van der Waals surface area contributed by atoms with E-state index >= 15 is 0 Å². The van der Waals surface area contributed by atoms with Crippen molar-refractivity contribution in [1.29, 1.82) is 0 Å². The maximum atomic E-state index is 10.6. The summed E-state index contributed by atoms with van der Waals surface area (Å²) in [6.07, 6.45) is 4.50. The van der Waals surface area contributed by atoms with Crippen molar-refractivity contribution < 1.29 is 14.3 Å². The third-order valence-electron chi connectivity index (χ3n) is 0.857. The maximum absolute atomic E-state index is 10.6. The minimum absolute atomic E-state index is 0.656. The van der Waals surface area contributed by atoms with Gasteiger partial charge in [-0.05, 0) is 6.42 Å². The van der Waals surface area contributed by atoms with Gasteiger partial charge in [-0.25, -0.2) is 9.59 Å². The number of rotatable bonds is 3. The molecule has 0 radical (unpaired) electrons. The molecule has 0 aromatic heterocycles. The Balaban J connectivity index is 3.78. The second-order valence-corrected chi connectivity index (χ2v) is 1.75. The van der Waals surface area contributed by atoms with Gasteiger partial charge in [0.05, 0.1) is 0 Å². The number of allylic oxidation sites excluding steroid dienone is 1. The highest BCUT2D eigenvalue weighted by molar-refractivity contribution is 5.96. The molecule has 0 N–H and O–H groups in total. The molecule has 60 valence electrons. The van der Waals surface area contributed by atoms with Crippen molar-refractivity contribution >= 4 is 11.9 Å². The average Bonchev–Trinajstić information content (AvgIpc) is 2.00. The van der Waals surface area contributed by atoms with E-state index in [0.29, 0.717) is 0 Å². The highest BCUT2D eigenvalue weighted by Gasteiger charge is 2.00. The van der Waals surface area contributed by atoms with Crippen LogP contribution in [0.15, 0.2) is 24.8 Å². The molecule has 0 aliphatic carbocycles. The van der Waals surface area contributed by atoms with Gasteiger partial charge >= 0.3 is 11.9 Å². The molecule has 0 rings (SSSR count). The van der Waals surface area contributed by atoms with E-state index in [1.807, 2.05) is 6.92 Å². The molecule has 11 heavy (non-hydrogen) atoms. The summed E-state index contributed by atoms with van der Waals surface area (Å²) in [6.45, 7) is 5.02. The predicted octanol–water partition coefficient (Wildman–Crippen LogP) is 1.21. The summed E-state index contributed by atoms with van der Waals surface area (Å²) in [6, 6.07) is 0. The van der Waals surface area contributed by atoms with E-state index in [0.717, 1.165) is 12.5 Å². The lowest BCUT2D eigenvalue weighted by atomic mass is 10.4. The van der Waals surface area contributed by atoms with Crippen molar-refractivity contribution in [2.45, 2.75) is 13.3 Å². The van der Waals surface area contributed by atoms with Crippen LogP contribution in [0.1, 0.15) is 13.3 Å². The molecule has 3 nitrogen and oxygen atoms in total. The molecule has 0 bridgehead atoms. The molecule has 0 aromatic carbocycles. The van der Waals surface area contributed by atoms with Crippen molar-refractivity contribution in [3.63, 3.8) is 0 Å². The van der Waals surface area contributed by atoms with Gasteiger partial charge in [0.15, 0.2) is 0 Å². The van der Waals surface area contributed by atoms with Crippen LogP contribution in [0.3, 0.4) is 0 Å². The van der Waals surface area contributed by atoms with E-state index in [4.69, 9.17) is 0 Å². The molecule has 0 aliphatic heterocycles. The van der Waals surface area contributed by atoms with Crippen LogP contribution in [0.5, 0.6) is 0 Å². The summed E-state index contributed by atoms with van der Waals surface area (Å²) in [4.78, 5) is 21.0. The number of esters is 2. The Kier molecular flexibility index (Phi) is 4.73. The van der Waals surface area contributed by atoms with Gasteiger partial charge < -0.3 is 4.74 Å². The largest absolute Gasteiger partial charge is 0.387 e. The fraction of sp³-hybridized carbons (Fsp3) is 0.250. The van der Waals surface area contributed by atoms with Crippen LogP contribution < -0.4 is 0 Å². The fourth-order valence-electron chi connectivity index (χ4n) is 0.389. The Hall–Kier alpha value is -1.38. The van der Waals surface area contributed by atoms with E-state index in [1.165, 1.54) is 6.08 Å². The van der Waals surface area contributed by atoms with Gasteiger partial charge in [0.25, 0.3) is 0 Å². The molecule has 0 unspecified atom stereocenters. The molecular weight excluding hydrogens is 144 g/mol. The van der Waals surface area contributed by atoms with Crippen molar-refractivity contribution in [3.8, 4) is 0 Å². The SMILES string of the molecule is C=CC(=O)OC(=O)C=CCC. The van der Waals surface area contributed by atoms with Gasteiger partial charge in [-0.1, -0.05) is 19.6 Å². The molecule has 0 amide bonds. The molecule has 0 atom stereocenters. The van der Waals surface area contributed by atoms with Crippen molar-refractivity contribution in [3.05, 3.63) is 24.8 Å². The molecule has 0 spiro atoms. The monoisotopic (exact) mass is 154 g/mol. The topological polar surface area (TPSA) is 43.4 Å². The minimum Gasteiger partial charge on any atom is -0.387 e. The van der Waals surface area contributed by atoms with Crippen molar-refractivity contribution in [2.75, 3.05) is 0 Å². The number of hydrogen-bond donors (Lipinski definition) is 0. The standard InChI is InChI=1S/C8H10O3/c1-3-5-6-8(10)11-7(9)4-2/h4-6H,2-3H2,1H3. The van der Waals surface area contributed by atoms with Crippen molar-refractivity contribution in [2.24, 2.45) is 0 Å². The molecular formula is C8H10O3. The molecule has 0 saturated carbocycles. The normalized spacial score (nSPS) is 9.55. The van der Waals surface area contributed by atoms with E-state index in [2.05, 4.69) is 11.3 Å². The summed E-state index contributed by atoms with van der Waals surface area (Å²) in [5, 5.41) is 0. The van der Waals surface area contributed by atoms with Gasteiger partial charge in [0.1, 0.15) is 0 Å². The van der Waals surface area contributed by atoms with Gasteiger partial charge in [-0.2, -0.15) is 0 Å². The van der Waals surface area contributed by atoms with Crippen LogP contribution in [0.2, 0.25) is 0 Å². The van der Waals surface area contributed by atoms with E-state index in [1.54, 1.807) is 6.08 Å². The first-order chi connectivity index (χ1) is 5.20. The zero-order chi connectivity index (χ0) is 8.69. The Labute approximate surface area is 65.4 Å². The number of hydrogen-bond acceptors (Lipinski definition) is 3. The molecule has 0 saturated heterocycles. The molecule has 3 heteroatoms. The zero-order valence-corrected chi connectivity index (χ0v) is 6.37. The number of carbonyl (C=O) groups excluding carboxylic acids is 2. The number of carbonyl (C=O) groups is 2. The molecule has 0 aromatic rings. The third-order valence-corrected chi connectivity index (χ3v) is 0.857. The van der Waals surface area contributed by atoms with Crippen LogP contribution in [0, 0.1) is 0 Å². The third kappa shape index (κ3) is 5.08. The molecule has 0 heterocycles. The Morgan fingerprint density at radius 2 is 2.09 bits per heavy atom. The lowest BCUT2D eigenvalue weighted by Crippen LogP contribution is -2.06. The summed E-state index contributed by atoms with van der Waals surface area (Å²) >= 11 is 0. The van der Waals surface area contributed by atoms with Crippen LogP contribution in [-0.4, -0.2) is 11.9 Å². The summed E-state index contributed by atoms with van der Waals surface area (Å²) in [5.41, 5.74) is 0. The van der Waals surface area contributed by atoms with Crippen LogP contribution >= 0.6 is 0 Å². The van der Waals surface area contributed by atoms with Gasteiger partial charge in [0.2, 0.25) is 0 Å².